The standard InChI is InChI=1S/C23H33N5O3/c1-20(29)27-13-11-25(12-14-27)18-23(30)7-10-26(19-23)17-21-3-5-22(6-4-21)31-16-15-28-9-2-8-24-28/h2-6,8-9,30H,7,10-19H2,1H3/t23-/m0/s1. The molecule has 0 unspecified atom stereocenters. The number of β-amino-alcohol motifs (C(OH)–C–C–N with tert-alkyl or cyclic N) is 1. The summed E-state index contributed by atoms with van der Waals surface area (Å²) in [7, 11) is 0. The zero-order valence-electron chi connectivity index (χ0n) is 18.3. The van der Waals surface area contributed by atoms with E-state index >= 15 is 0 Å². The number of nitrogens with zero attached hydrogens (tertiary/aromatic N) is 5. The molecule has 1 aromatic heterocycles. The van der Waals surface area contributed by atoms with Gasteiger partial charge >= 0.3 is 0 Å². The molecule has 2 aliphatic heterocycles. The molecule has 8 heteroatoms. The summed E-state index contributed by atoms with van der Waals surface area (Å²) in [5, 5.41) is 15.3. The van der Waals surface area contributed by atoms with Gasteiger partial charge in [0.1, 0.15) is 12.4 Å². The monoisotopic (exact) mass is 427 g/mol. The van der Waals surface area contributed by atoms with E-state index in [4.69, 9.17) is 4.74 Å². The molecule has 2 fully saturated rings. The molecule has 1 N–H and O–H groups in total. The first-order valence-corrected chi connectivity index (χ1v) is 11.1. The number of amides is 1. The molecule has 1 atom stereocenters. The minimum absolute atomic E-state index is 0.139. The maximum Gasteiger partial charge on any atom is 0.219 e. The van der Waals surface area contributed by atoms with Crippen molar-refractivity contribution in [1.29, 1.82) is 0 Å². The third-order valence-electron chi connectivity index (χ3n) is 6.22. The molecular formula is C23H33N5O3. The highest BCUT2D eigenvalue weighted by atomic mass is 16.5. The van der Waals surface area contributed by atoms with Crippen molar-refractivity contribution in [2.24, 2.45) is 0 Å². The zero-order chi connectivity index (χ0) is 21.7. The number of likely N-dealkylation sites (tertiary alicyclic amines) is 1. The number of piperazine rings is 1. The highest BCUT2D eigenvalue weighted by molar-refractivity contribution is 5.73. The quantitative estimate of drug-likeness (QED) is 0.679. The van der Waals surface area contributed by atoms with Gasteiger partial charge in [0.15, 0.2) is 0 Å². The highest BCUT2D eigenvalue weighted by Crippen LogP contribution is 2.25. The van der Waals surface area contributed by atoms with E-state index in [9.17, 15) is 9.90 Å². The van der Waals surface area contributed by atoms with Crippen molar-refractivity contribution in [3.63, 3.8) is 0 Å². The molecule has 0 spiro atoms. The van der Waals surface area contributed by atoms with Gasteiger partial charge in [-0.1, -0.05) is 12.1 Å². The minimum atomic E-state index is -0.673. The van der Waals surface area contributed by atoms with Crippen molar-refractivity contribution >= 4 is 5.91 Å². The summed E-state index contributed by atoms with van der Waals surface area (Å²) < 4.78 is 7.65. The molecule has 31 heavy (non-hydrogen) atoms. The average molecular weight is 428 g/mol. The molecule has 2 aliphatic rings. The molecular weight excluding hydrogens is 394 g/mol. The second-order valence-corrected chi connectivity index (χ2v) is 8.73. The molecule has 1 amide bonds. The molecule has 1 aromatic carbocycles. The maximum absolute atomic E-state index is 11.5. The fourth-order valence-corrected chi connectivity index (χ4v) is 4.48. The van der Waals surface area contributed by atoms with Crippen LogP contribution in [0.3, 0.4) is 0 Å². The van der Waals surface area contributed by atoms with E-state index in [2.05, 4.69) is 27.0 Å². The van der Waals surface area contributed by atoms with Crippen molar-refractivity contribution in [1.82, 2.24) is 24.5 Å². The minimum Gasteiger partial charge on any atom is -0.492 e. The molecule has 2 saturated heterocycles. The van der Waals surface area contributed by atoms with E-state index in [0.29, 0.717) is 19.7 Å². The van der Waals surface area contributed by atoms with Gasteiger partial charge in [0.05, 0.1) is 12.1 Å². The number of aromatic nitrogens is 2. The van der Waals surface area contributed by atoms with Crippen molar-refractivity contribution in [3.05, 3.63) is 48.3 Å². The summed E-state index contributed by atoms with van der Waals surface area (Å²) in [6.45, 7) is 9.20. The fraction of sp³-hybridized carbons (Fsp3) is 0.565. The van der Waals surface area contributed by atoms with Gasteiger partial charge in [0.2, 0.25) is 5.91 Å². The second-order valence-electron chi connectivity index (χ2n) is 8.73. The van der Waals surface area contributed by atoms with Crippen LogP contribution < -0.4 is 4.74 Å². The van der Waals surface area contributed by atoms with Crippen molar-refractivity contribution in [3.8, 4) is 5.75 Å². The highest BCUT2D eigenvalue weighted by Gasteiger charge is 2.38. The number of rotatable bonds is 8. The lowest BCUT2D eigenvalue weighted by Crippen LogP contribution is -2.53. The Kier molecular flexibility index (Phi) is 6.89. The van der Waals surface area contributed by atoms with Gasteiger partial charge in [-0.25, -0.2) is 0 Å². The van der Waals surface area contributed by atoms with Crippen LogP contribution in [-0.4, -0.2) is 93.5 Å². The molecule has 0 bridgehead atoms. The maximum atomic E-state index is 11.5. The topological polar surface area (TPSA) is 74.1 Å². The summed E-state index contributed by atoms with van der Waals surface area (Å²) in [5.74, 6) is 0.998. The Balaban J connectivity index is 1.20. The van der Waals surface area contributed by atoms with Crippen molar-refractivity contribution in [2.45, 2.75) is 32.0 Å². The number of hydrogen-bond donors (Lipinski definition) is 1. The van der Waals surface area contributed by atoms with Gasteiger partial charge in [-0.15, -0.1) is 0 Å². The molecule has 0 saturated carbocycles. The number of carbonyl (C=O) groups excluding carboxylic acids is 1. The van der Waals surface area contributed by atoms with Crippen LogP contribution in [0.25, 0.3) is 0 Å². The number of benzene rings is 1. The molecule has 3 heterocycles. The normalized spacial score (nSPS) is 22.7. The van der Waals surface area contributed by atoms with E-state index in [1.54, 1.807) is 13.1 Å². The third kappa shape index (κ3) is 6.06. The van der Waals surface area contributed by atoms with Gasteiger partial charge in [0, 0.05) is 71.7 Å². The molecule has 8 nitrogen and oxygen atoms in total. The van der Waals surface area contributed by atoms with Crippen LogP contribution in [-0.2, 0) is 17.9 Å². The Labute approximate surface area is 184 Å². The summed E-state index contributed by atoms with van der Waals surface area (Å²) in [6.07, 6.45) is 4.48. The Morgan fingerprint density at radius 2 is 1.90 bits per heavy atom. The van der Waals surface area contributed by atoms with E-state index in [0.717, 1.165) is 58.0 Å². The van der Waals surface area contributed by atoms with Gasteiger partial charge < -0.3 is 14.7 Å². The van der Waals surface area contributed by atoms with Crippen LogP contribution >= 0.6 is 0 Å². The number of aliphatic hydroxyl groups is 1. The zero-order valence-corrected chi connectivity index (χ0v) is 18.3. The van der Waals surface area contributed by atoms with E-state index in [1.807, 2.05) is 34.0 Å². The number of ether oxygens (including phenoxy) is 1. The summed E-state index contributed by atoms with van der Waals surface area (Å²) in [5.41, 5.74) is 0.548. The van der Waals surface area contributed by atoms with Crippen molar-refractivity contribution < 1.29 is 14.6 Å². The van der Waals surface area contributed by atoms with Crippen molar-refractivity contribution in [2.75, 3.05) is 52.4 Å². The van der Waals surface area contributed by atoms with Gasteiger partial charge in [0.25, 0.3) is 0 Å². The van der Waals surface area contributed by atoms with Gasteiger partial charge in [-0.05, 0) is 30.2 Å². The van der Waals surface area contributed by atoms with Gasteiger partial charge in [-0.3, -0.25) is 19.3 Å². The first-order chi connectivity index (χ1) is 15.0. The Morgan fingerprint density at radius 3 is 2.58 bits per heavy atom. The van der Waals surface area contributed by atoms with Crippen LogP contribution in [0.2, 0.25) is 0 Å². The van der Waals surface area contributed by atoms with Crippen LogP contribution in [0.5, 0.6) is 5.75 Å². The van der Waals surface area contributed by atoms with E-state index < -0.39 is 5.60 Å². The molecule has 2 aromatic rings. The van der Waals surface area contributed by atoms with Crippen LogP contribution in [0.15, 0.2) is 42.7 Å². The Morgan fingerprint density at radius 1 is 1.13 bits per heavy atom. The summed E-state index contributed by atoms with van der Waals surface area (Å²) in [4.78, 5) is 18.0. The van der Waals surface area contributed by atoms with E-state index in [1.165, 1.54) is 5.56 Å². The fourth-order valence-electron chi connectivity index (χ4n) is 4.48. The first-order valence-electron chi connectivity index (χ1n) is 11.1. The lowest BCUT2D eigenvalue weighted by atomic mass is 10.0. The molecule has 0 aliphatic carbocycles. The Hall–Kier alpha value is -2.42. The lowest BCUT2D eigenvalue weighted by Gasteiger charge is -2.38. The second kappa shape index (κ2) is 9.80. The summed E-state index contributed by atoms with van der Waals surface area (Å²) >= 11 is 0. The first kappa shape index (κ1) is 21.8. The number of carbonyl (C=O) groups is 1. The number of hydrogen-bond acceptors (Lipinski definition) is 6. The SMILES string of the molecule is CC(=O)N1CCN(C[C@@]2(O)CCN(Cc3ccc(OCCn4cccn4)cc3)C2)CC1. The summed E-state index contributed by atoms with van der Waals surface area (Å²) in [6, 6.07) is 10.1. The molecule has 4 rings (SSSR count). The van der Waals surface area contributed by atoms with Crippen LogP contribution in [0, 0.1) is 0 Å². The predicted octanol–water partition coefficient (Wildman–Crippen LogP) is 1.06. The average Bonchev–Trinajstić information content (AvgIpc) is 3.40. The lowest BCUT2D eigenvalue weighted by molar-refractivity contribution is -0.130. The molecule has 168 valence electrons. The smallest absolute Gasteiger partial charge is 0.219 e. The van der Waals surface area contributed by atoms with Gasteiger partial charge in [-0.2, -0.15) is 5.10 Å². The van der Waals surface area contributed by atoms with Crippen LogP contribution in [0.1, 0.15) is 18.9 Å². The third-order valence-corrected chi connectivity index (χ3v) is 6.22. The predicted molar refractivity (Wildman–Crippen MR) is 118 cm³/mol. The molecule has 0 radical (unpaired) electrons. The van der Waals surface area contributed by atoms with Crippen LogP contribution in [0.4, 0.5) is 0 Å². The Bertz CT molecular complexity index is 833. The van der Waals surface area contributed by atoms with E-state index in [-0.39, 0.29) is 5.91 Å². The largest absolute Gasteiger partial charge is 0.492 e.